The Morgan fingerprint density at radius 3 is 3.06 bits per heavy atom. The van der Waals surface area contributed by atoms with Crippen LogP contribution in [-0.2, 0) is 4.79 Å². The van der Waals surface area contributed by atoms with Crippen molar-refractivity contribution in [1.29, 1.82) is 0 Å². The third-order valence-electron chi connectivity index (χ3n) is 2.62. The molecule has 2 heterocycles. The van der Waals surface area contributed by atoms with Gasteiger partial charge in [0.1, 0.15) is 0 Å². The van der Waals surface area contributed by atoms with Crippen LogP contribution in [0.5, 0.6) is 0 Å². The third kappa shape index (κ3) is 1.63. The van der Waals surface area contributed by atoms with Crippen LogP contribution in [0.4, 0.5) is 0 Å². The monoisotopic (exact) mass is 261 g/mol. The Balaban J connectivity index is 2.15. The molecule has 1 N–H and O–H groups in total. The molecule has 3 aromatic rings. The van der Waals surface area contributed by atoms with Crippen LogP contribution in [0.2, 0.25) is 0 Å². The number of fused-ring (bicyclic) bond motifs is 3. The zero-order valence-corrected chi connectivity index (χ0v) is 10.3. The molecule has 6 nitrogen and oxygen atoms in total. The molecule has 1 aromatic carbocycles. The molecule has 2 aromatic heterocycles. The predicted molar refractivity (Wildman–Crippen MR) is 65.2 cm³/mol. The first-order chi connectivity index (χ1) is 8.66. The van der Waals surface area contributed by atoms with Gasteiger partial charge in [-0.2, -0.15) is 0 Å². The van der Waals surface area contributed by atoms with Crippen molar-refractivity contribution in [1.82, 2.24) is 19.6 Å². The summed E-state index contributed by atoms with van der Waals surface area (Å²) in [4.78, 5) is 15.1. The Bertz CT molecular complexity index is 733. The Hall–Kier alpha value is -2.02. The number of H-pyrrole nitrogens is 1. The number of hydrogen-bond acceptors (Lipinski definition) is 5. The largest absolute Gasteiger partial charge is 0.549 e. The number of nitrogens with one attached hydrogen (secondary N) is 1. The van der Waals surface area contributed by atoms with Crippen LogP contribution in [0.25, 0.3) is 16.8 Å². The molecule has 92 valence electrons. The van der Waals surface area contributed by atoms with E-state index in [0.717, 1.165) is 22.8 Å². The van der Waals surface area contributed by atoms with Gasteiger partial charge in [-0.05, 0) is 19.1 Å². The number of rotatable bonds is 3. The van der Waals surface area contributed by atoms with Gasteiger partial charge >= 0.3 is 0 Å². The molecule has 0 bridgehead atoms. The molecule has 3 rings (SSSR count). The van der Waals surface area contributed by atoms with Crippen molar-refractivity contribution < 1.29 is 9.90 Å². The smallest absolute Gasteiger partial charge is 0.231 e. The summed E-state index contributed by atoms with van der Waals surface area (Å²) in [6.45, 7) is 1.57. The van der Waals surface area contributed by atoms with Crippen LogP contribution in [0.1, 0.15) is 6.92 Å². The predicted octanol–water partition coefficient (Wildman–Crippen LogP) is 0.441. The van der Waals surface area contributed by atoms with E-state index in [-0.39, 0.29) is 0 Å². The number of carbonyl (C=O) groups is 1. The average Bonchev–Trinajstić information content (AvgIpc) is 2.89. The Kier molecular flexibility index (Phi) is 2.48. The highest BCUT2D eigenvalue weighted by atomic mass is 32.2. The van der Waals surface area contributed by atoms with Gasteiger partial charge in [-0.1, -0.05) is 23.9 Å². The van der Waals surface area contributed by atoms with Crippen LogP contribution in [0, 0.1) is 0 Å². The molecule has 0 fully saturated rings. The number of benzene rings is 1. The Labute approximate surface area is 106 Å². The standard InChI is InChI=1S/C11H10N4O2S/c1-6(9(16)17)18-11-14-13-10-12-7-4-2-3-5-8(7)15(10)11/h2-6H,1H3,(H,12,13)(H,16,17)/p-1/t6-/m0/s1. The van der Waals surface area contributed by atoms with E-state index in [4.69, 9.17) is 0 Å². The van der Waals surface area contributed by atoms with Gasteiger partial charge in [0.15, 0.2) is 5.16 Å². The van der Waals surface area contributed by atoms with E-state index in [1.807, 2.05) is 24.3 Å². The first-order valence-corrected chi connectivity index (χ1v) is 6.24. The number of carboxylic acids is 1. The van der Waals surface area contributed by atoms with E-state index in [2.05, 4.69) is 15.2 Å². The second-order valence-corrected chi connectivity index (χ2v) is 5.15. The van der Waals surface area contributed by atoms with Gasteiger partial charge in [0.2, 0.25) is 5.78 Å². The van der Waals surface area contributed by atoms with Gasteiger partial charge in [-0.15, -0.1) is 5.10 Å². The van der Waals surface area contributed by atoms with Crippen LogP contribution < -0.4 is 5.11 Å². The molecule has 0 aliphatic heterocycles. The first-order valence-electron chi connectivity index (χ1n) is 5.36. The van der Waals surface area contributed by atoms with Crippen molar-refractivity contribution in [2.24, 2.45) is 0 Å². The third-order valence-corrected chi connectivity index (χ3v) is 3.65. The van der Waals surface area contributed by atoms with E-state index < -0.39 is 11.2 Å². The van der Waals surface area contributed by atoms with Crippen molar-refractivity contribution in [3.05, 3.63) is 24.3 Å². The van der Waals surface area contributed by atoms with E-state index in [9.17, 15) is 9.90 Å². The van der Waals surface area contributed by atoms with Crippen LogP contribution in [-0.4, -0.2) is 30.8 Å². The Morgan fingerprint density at radius 2 is 2.28 bits per heavy atom. The first kappa shape index (κ1) is 11.1. The van der Waals surface area contributed by atoms with E-state index in [1.165, 1.54) is 0 Å². The number of para-hydroxylation sites is 2. The SMILES string of the molecule is C[C@H](Sc1n[nH]c2nc3ccccc3n12)C(=O)[O-]. The molecule has 0 radical (unpaired) electrons. The zero-order valence-electron chi connectivity index (χ0n) is 9.45. The van der Waals surface area contributed by atoms with Crippen molar-refractivity contribution in [2.45, 2.75) is 17.3 Å². The second kappa shape index (κ2) is 4.02. The van der Waals surface area contributed by atoms with E-state index in [1.54, 1.807) is 11.3 Å². The molecular weight excluding hydrogens is 252 g/mol. The van der Waals surface area contributed by atoms with Gasteiger partial charge in [0, 0.05) is 5.25 Å². The van der Waals surface area contributed by atoms with Crippen LogP contribution in [0.3, 0.4) is 0 Å². The van der Waals surface area contributed by atoms with Crippen molar-refractivity contribution in [2.75, 3.05) is 0 Å². The molecule has 0 aliphatic rings. The zero-order chi connectivity index (χ0) is 12.7. The van der Waals surface area contributed by atoms with Crippen molar-refractivity contribution in [3.63, 3.8) is 0 Å². The molecule has 0 saturated carbocycles. The van der Waals surface area contributed by atoms with Gasteiger partial charge in [-0.25, -0.2) is 10.1 Å². The molecule has 1 atom stereocenters. The quantitative estimate of drug-likeness (QED) is 0.691. The number of hydrogen-bond donors (Lipinski definition) is 1. The van der Waals surface area contributed by atoms with E-state index >= 15 is 0 Å². The normalized spacial score (nSPS) is 13.2. The van der Waals surface area contributed by atoms with E-state index in [0.29, 0.717) is 10.9 Å². The summed E-state index contributed by atoms with van der Waals surface area (Å²) in [5.74, 6) is -0.509. The molecule has 0 aliphatic carbocycles. The summed E-state index contributed by atoms with van der Waals surface area (Å²) < 4.78 is 1.80. The summed E-state index contributed by atoms with van der Waals surface area (Å²) in [6.07, 6.45) is 0. The Morgan fingerprint density at radius 1 is 1.50 bits per heavy atom. The highest BCUT2D eigenvalue weighted by Gasteiger charge is 2.14. The molecular formula is C11H9N4O2S-. The number of nitrogens with zero attached hydrogens (tertiary/aromatic N) is 3. The van der Waals surface area contributed by atoms with Crippen LogP contribution >= 0.6 is 11.8 Å². The average molecular weight is 261 g/mol. The number of aromatic nitrogens is 4. The highest BCUT2D eigenvalue weighted by molar-refractivity contribution is 8.00. The maximum Gasteiger partial charge on any atom is 0.231 e. The molecule has 18 heavy (non-hydrogen) atoms. The summed E-state index contributed by atoms with van der Waals surface area (Å²) >= 11 is 1.13. The summed E-state index contributed by atoms with van der Waals surface area (Å²) in [6, 6.07) is 7.62. The van der Waals surface area contributed by atoms with Crippen molar-refractivity contribution >= 4 is 34.5 Å². The lowest BCUT2D eigenvalue weighted by Gasteiger charge is -2.09. The summed E-state index contributed by atoms with van der Waals surface area (Å²) in [7, 11) is 0. The summed E-state index contributed by atoms with van der Waals surface area (Å²) in [5, 5.41) is 17.5. The van der Waals surface area contributed by atoms with Gasteiger partial charge in [0.05, 0.1) is 17.0 Å². The number of carboxylic acid groups (broad SMARTS) is 1. The number of aliphatic carboxylic acids is 1. The molecule has 0 saturated heterocycles. The lowest BCUT2D eigenvalue weighted by atomic mass is 10.3. The van der Waals surface area contributed by atoms with Crippen molar-refractivity contribution in [3.8, 4) is 0 Å². The maximum atomic E-state index is 10.8. The minimum Gasteiger partial charge on any atom is -0.549 e. The topological polar surface area (TPSA) is 86.1 Å². The van der Waals surface area contributed by atoms with Crippen LogP contribution in [0.15, 0.2) is 29.4 Å². The van der Waals surface area contributed by atoms with Gasteiger partial charge in [-0.3, -0.25) is 4.40 Å². The number of aromatic amines is 1. The highest BCUT2D eigenvalue weighted by Crippen LogP contribution is 2.25. The lowest BCUT2D eigenvalue weighted by molar-refractivity contribution is -0.304. The second-order valence-electron chi connectivity index (χ2n) is 3.84. The molecule has 0 unspecified atom stereocenters. The fraction of sp³-hybridized carbons (Fsp3) is 0.182. The molecule has 0 amide bonds. The lowest BCUT2D eigenvalue weighted by Crippen LogP contribution is -2.31. The fourth-order valence-electron chi connectivity index (χ4n) is 1.73. The van der Waals surface area contributed by atoms with Gasteiger partial charge in [0.25, 0.3) is 0 Å². The maximum absolute atomic E-state index is 10.8. The number of carbonyl (C=O) groups excluding carboxylic acids is 1. The van der Waals surface area contributed by atoms with Gasteiger partial charge < -0.3 is 9.90 Å². The molecule has 7 heteroatoms. The number of imidazole rings is 1. The minimum absolute atomic E-state index is 0.565. The minimum atomic E-state index is -1.11. The number of thioether (sulfide) groups is 1. The molecule has 0 spiro atoms. The fourth-order valence-corrected chi connectivity index (χ4v) is 2.53. The summed E-state index contributed by atoms with van der Waals surface area (Å²) in [5.41, 5.74) is 1.74.